The molecule has 1 aliphatic rings. The zero-order valence-electron chi connectivity index (χ0n) is 8.36. The van der Waals surface area contributed by atoms with Crippen LogP contribution in [0.15, 0.2) is 22.8 Å². The lowest BCUT2D eigenvalue weighted by Crippen LogP contribution is -2.25. The van der Waals surface area contributed by atoms with Gasteiger partial charge >= 0.3 is 0 Å². The van der Waals surface area contributed by atoms with Crippen molar-refractivity contribution in [1.82, 2.24) is 9.88 Å². The molecule has 2 heterocycles. The topological polar surface area (TPSA) is 39.9 Å². The smallest absolute Gasteiger partial charge is 0.140 e. The Morgan fingerprint density at radius 2 is 2.13 bits per heavy atom. The molecule has 1 aromatic heterocycles. The van der Waals surface area contributed by atoms with E-state index in [2.05, 4.69) is 31.9 Å². The summed E-state index contributed by atoms with van der Waals surface area (Å²) in [5, 5.41) is 9.17. The third kappa shape index (κ3) is 2.36. The number of aromatic nitrogens is 1. The van der Waals surface area contributed by atoms with E-state index in [1.807, 2.05) is 12.1 Å². The molecule has 1 unspecified atom stereocenters. The van der Waals surface area contributed by atoms with E-state index in [0.717, 1.165) is 23.3 Å². The Labute approximate surface area is 97.9 Å². The van der Waals surface area contributed by atoms with Gasteiger partial charge in [0.25, 0.3) is 0 Å². The third-order valence-corrected chi connectivity index (χ3v) is 3.13. The molecule has 78 valence electrons. The maximum Gasteiger partial charge on any atom is 0.140 e. The number of hydrogen-bond acceptors (Lipinski definition) is 3. The molecule has 0 amide bonds. The molecule has 0 aromatic carbocycles. The Bertz CT molecular complexity index is 362. The first kappa shape index (κ1) is 10.6. The summed E-state index contributed by atoms with van der Waals surface area (Å²) in [6, 6.07) is 5.99. The molecule has 0 radical (unpaired) electrons. The standard InChI is InChI=1S/C11H12BrN3/c12-9-3-4-10(14-8-9)11(7-13)15-5-1-2-6-15/h3-4,8,11H,1-2,5-6H2. The van der Waals surface area contributed by atoms with Gasteiger partial charge in [-0.05, 0) is 54.0 Å². The lowest BCUT2D eigenvalue weighted by molar-refractivity contribution is 0.290. The van der Waals surface area contributed by atoms with Crippen LogP contribution in [0, 0.1) is 11.3 Å². The van der Waals surface area contributed by atoms with E-state index in [1.165, 1.54) is 12.8 Å². The van der Waals surface area contributed by atoms with Crippen molar-refractivity contribution < 1.29 is 0 Å². The van der Waals surface area contributed by atoms with Crippen LogP contribution in [-0.2, 0) is 0 Å². The van der Waals surface area contributed by atoms with Gasteiger partial charge < -0.3 is 0 Å². The van der Waals surface area contributed by atoms with Gasteiger partial charge in [-0.15, -0.1) is 0 Å². The second-order valence-electron chi connectivity index (χ2n) is 3.68. The Balaban J connectivity index is 2.19. The summed E-state index contributed by atoms with van der Waals surface area (Å²) in [5.74, 6) is 0. The van der Waals surface area contributed by atoms with Crippen LogP contribution in [0.1, 0.15) is 24.6 Å². The molecule has 15 heavy (non-hydrogen) atoms. The summed E-state index contributed by atoms with van der Waals surface area (Å²) in [5.41, 5.74) is 0.850. The van der Waals surface area contributed by atoms with Crippen molar-refractivity contribution in [2.75, 3.05) is 13.1 Å². The van der Waals surface area contributed by atoms with Gasteiger partial charge in [-0.25, -0.2) is 0 Å². The van der Waals surface area contributed by atoms with Gasteiger partial charge in [0.2, 0.25) is 0 Å². The predicted octanol–water partition coefficient (Wildman–Crippen LogP) is 2.50. The first-order valence-corrected chi connectivity index (χ1v) is 5.85. The number of nitriles is 1. The van der Waals surface area contributed by atoms with Crippen LogP contribution in [0.5, 0.6) is 0 Å². The fourth-order valence-electron chi connectivity index (χ4n) is 1.88. The van der Waals surface area contributed by atoms with Crippen LogP contribution in [0.2, 0.25) is 0 Å². The van der Waals surface area contributed by atoms with Crippen molar-refractivity contribution in [3.05, 3.63) is 28.5 Å². The van der Waals surface area contributed by atoms with Crippen LogP contribution in [0.4, 0.5) is 0 Å². The molecular weight excluding hydrogens is 254 g/mol. The van der Waals surface area contributed by atoms with E-state index in [4.69, 9.17) is 5.26 Å². The molecule has 1 aromatic rings. The van der Waals surface area contributed by atoms with Crippen LogP contribution >= 0.6 is 15.9 Å². The SMILES string of the molecule is N#CC(c1ccc(Br)cn1)N1CCCC1. The summed E-state index contributed by atoms with van der Waals surface area (Å²) in [6.45, 7) is 2.02. The van der Waals surface area contributed by atoms with Crippen molar-refractivity contribution in [3.63, 3.8) is 0 Å². The maximum absolute atomic E-state index is 9.17. The second kappa shape index (κ2) is 4.73. The van der Waals surface area contributed by atoms with Gasteiger partial charge in [-0.1, -0.05) is 0 Å². The number of likely N-dealkylation sites (tertiary alicyclic amines) is 1. The minimum Gasteiger partial charge on any atom is -0.283 e. The molecule has 4 heteroatoms. The largest absolute Gasteiger partial charge is 0.283 e. The number of rotatable bonds is 2. The molecule has 0 aliphatic carbocycles. The fraction of sp³-hybridized carbons (Fsp3) is 0.455. The lowest BCUT2D eigenvalue weighted by atomic mass is 10.2. The molecule has 0 bridgehead atoms. The molecular formula is C11H12BrN3. The highest BCUT2D eigenvalue weighted by molar-refractivity contribution is 9.10. The third-order valence-electron chi connectivity index (χ3n) is 2.66. The average Bonchev–Trinajstić information content (AvgIpc) is 2.75. The van der Waals surface area contributed by atoms with Gasteiger partial charge in [0.05, 0.1) is 11.8 Å². The highest BCUT2D eigenvalue weighted by Crippen LogP contribution is 2.23. The predicted molar refractivity (Wildman–Crippen MR) is 61.1 cm³/mol. The molecule has 3 nitrogen and oxygen atoms in total. The summed E-state index contributed by atoms with van der Waals surface area (Å²) >= 11 is 3.34. The van der Waals surface area contributed by atoms with Gasteiger partial charge in [0.1, 0.15) is 6.04 Å². The van der Waals surface area contributed by atoms with Gasteiger partial charge in [-0.3, -0.25) is 9.88 Å². The second-order valence-corrected chi connectivity index (χ2v) is 4.59. The zero-order chi connectivity index (χ0) is 10.7. The molecule has 0 N–H and O–H groups in total. The Morgan fingerprint density at radius 3 is 2.67 bits per heavy atom. The van der Waals surface area contributed by atoms with E-state index in [-0.39, 0.29) is 6.04 Å². The highest BCUT2D eigenvalue weighted by atomic mass is 79.9. The molecule has 1 saturated heterocycles. The van der Waals surface area contributed by atoms with E-state index in [0.29, 0.717) is 0 Å². The molecule has 1 atom stereocenters. The van der Waals surface area contributed by atoms with Crippen molar-refractivity contribution >= 4 is 15.9 Å². The van der Waals surface area contributed by atoms with E-state index in [1.54, 1.807) is 6.20 Å². The van der Waals surface area contributed by atoms with Crippen molar-refractivity contribution in [1.29, 1.82) is 5.26 Å². The summed E-state index contributed by atoms with van der Waals surface area (Å²) in [6.07, 6.45) is 4.12. The van der Waals surface area contributed by atoms with E-state index >= 15 is 0 Å². The van der Waals surface area contributed by atoms with Gasteiger partial charge in [0, 0.05) is 10.7 Å². The fourth-order valence-corrected chi connectivity index (χ4v) is 2.12. The Morgan fingerprint density at radius 1 is 1.40 bits per heavy atom. The molecule has 2 rings (SSSR count). The van der Waals surface area contributed by atoms with Crippen LogP contribution in [0.25, 0.3) is 0 Å². The van der Waals surface area contributed by atoms with E-state index < -0.39 is 0 Å². The molecule has 0 spiro atoms. The van der Waals surface area contributed by atoms with Crippen LogP contribution < -0.4 is 0 Å². The van der Waals surface area contributed by atoms with E-state index in [9.17, 15) is 0 Å². The Kier molecular flexibility index (Phi) is 3.34. The van der Waals surface area contributed by atoms with Crippen molar-refractivity contribution in [3.8, 4) is 6.07 Å². The molecule has 0 saturated carbocycles. The number of halogens is 1. The maximum atomic E-state index is 9.17. The van der Waals surface area contributed by atoms with Gasteiger partial charge in [0.15, 0.2) is 0 Å². The molecule has 1 aliphatic heterocycles. The molecule has 1 fully saturated rings. The lowest BCUT2D eigenvalue weighted by Gasteiger charge is -2.20. The number of nitrogens with zero attached hydrogens (tertiary/aromatic N) is 3. The monoisotopic (exact) mass is 265 g/mol. The highest BCUT2D eigenvalue weighted by Gasteiger charge is 2.23. The normalized spacial score (nSPS) is 18.7. The quantitative estimate of drug-likeness (QED) is 0.825. The van der Waals surface area contributed by atoms with Crippen molar-refractivity contribution in [2.24, 2.45) is 0 Å². The number of hydrogen-bond donors (Lipinski definition) is 0. The first-order chi connectivity index (χ1) is 7.31. The summed E-state index contributed by atoms with van der Waals surface area (Å²) < 4.78 is 0.948. The summed E-state index contributed by atoms with van der Waals surface area (Å²) in [7, 11) is 0. The number of pyridine rings is 1. The minimum absolute atomic E-state index is 0.180. The van der Waals surface area contributed by atoms with Crippen molar-refractivity contribution in [2.45, 2.75) is 18.9 Å². The van der Waals surface area contributed by atoms with Crippen LogP contribution in [-0.4, -0.2) is 23.0 Å². The summed E-state index contributed by atoms with van der Waals surface area (Å²) in [4.78, 5) is 6.47. The van der Waals surface area contributed by atoms with Crippen LogP contribution in [0.3, 0.4) is 0 Å². The average molecular weight is 266 g/mol. The van der Waals surface area contributed by atoms with Gasteiger partial charge in [-0.2, -0.15) is 5.26 Å². The Hall–Kier alpha value is -0.920. The zero-order valence-corrected chi connectivity index (χ0v) is 9.94. The first-order valence-electron chi connectivity index (χ1n) is 5.06. The minimum atomic E-state index is -0.180.